The smallest absolute Gasteiger partial charge is 0.310 e. The minimum atomic E-state index is -0.421. The van der Waals surface area contributed by atoms with Gasteiger partial charge in [-0.25, -0.2) is 0 Å². The largest absolute Gasteiger partial charge is 0.487 e. The van der Waals surface area contributed by atoms with E-state index in [4.69, 9.17) is 9.84 Å². The van der Waals surface area contributed by atoms with Crippen molar-refractivity contribution in [2.75, 3.05) is 13.2 Å². The summed E-state index contributed by atoms with van der Waals surface area (Å²) in [7, 11) is 0. The van der Waals surface area contributed by atoms with Crippen molar-refractivity contribution in [1.82, 2.24) is 0 Å². The predicted molar refractivity (Wildman–Crippen MR) is 145 cm³/mol. The van der Waals surface area contributed by atoms with E-state index in [1.807, 2.05) is 0 Å². The van der Waals surface area contributed by atoms with E-state index in [2.05, 4.69) is 13.8 Å². The van der Waals surface area contributed by atoms with Crippen LogP contribution in [0.3, 0.4) is 0 Å². The number of nitrogens with zero attached hydrogens (tertiary/aromatic N) is 1. The summed E-state index contributed by atoms with van der Waals surface area (Å²) in [5.41, 5.74) is 0.0361. The molecular weight excluding hydrogens is 426 g/mol. The van der Waals surface area contributed by atoms with Gasteiger partial charge in [-0.2, -0.15) is 0 Å². The van der Waals surface area contributed by atoms with Crippen molar-refractivity contribution < 1.29 is 14.8 Å². The van der Waals surface area contributed by atoms with Crippen LogP contribution < -0.4 is 4.74 Å². The van der Waals surface area contributed by atoms with E-state index in [9.17, 15) is 10.1 Å². The number of rotatable bonds is 22. The highest BCUT2D eigenvalue weighted by Gasteiger charge is 2.12. The van der Waals surface area contributed by atoms with Gasteiger partial charge in [-0.15, -0.1) is 0 Å². The van der Waals surface area contributed by atoms with Crippen LogP contribution in [0.25, 0.3) is 0 Å². The Morgan fingerprint density at radius 3 is 1.53 bits per heavy atom. The zero-order chi connectivity index (χ0) is 25.1. The van der Waals surface area contributed by atoms with Gasteiger partial charge in [0.15, 0.2) is 5.75 Å². The van der Waals surface area contributed by atoms with Crippen LogP contribution in [0.2, 0.25) is 0 Å². The van der Waals surface area contributed by atoms with Crippen molar-refractivity contribution in [3.63, 3.8) is 0 Å². The Morgan fingerprint density at radius 1 is 0.676 bits per heavy atom. The van der Waals surface area contributed by atoms with Gasteiger partial charge in [0.05, 0.1) is 11.5 Å². The molecule has 0 saturated heterocycles. The molecule has 0 atom stereocenters. The number of hydrogen-bond donors (Lipinski definition) is 1. The minimum Gasteiger partial charge on any atom is -0.487 e. The summed E-state index contributed by atoms with van der Waals surface area (Å²) in [6.07, 6.45) is 25.3. The van der Waals surface area contributed by atoms with E-state index in [0.29, 0.717) is 19.0 Å². The van der Waals surface area contributed by atoms with Gasteiger partial charge in [0.25, 0.3) is 0 Å². The first-order chi connectivity index (χ1) is 16.7. The topological polar surface area (TPSA) is 72.6 Å². The van der Waals surface area contributed by atoms with Crippen LogP contribution in [-0.2, 0) is 0 Å². The summed E-state index contributed by atoms with van der Waals surface area (Å²) in [5, 5.41) is 19.3. The third-order valence-corrected chi connectivity index (χ3v) is 6.08. The number of aliphatic hydroxyl groups is 1. The Hall–Kier alpha value is -1.62. The average molecular weight is 480 g/mol. The zero-order valence-electron chi connectivity index (χ0n) is 22.3. The Balaban J connectivity index is 0.000000657. The van der Waals surface area contributed by atoms with E-state index < -0.39 is 4.92 Å². The molecule has 198 valence electrons. The fraction of sp³-hybridized carbons (Fsp3) is 0.793. The molecule has 5 heteroatoms. The molecular formula is C29H53NO4. The quantitative estimate of drug-likeness (QED) is 0.102. The van der Waals surface area contributed by atoms with Gasteiger partial charge >= 0.3 is 5.69 Å². The van der Waals surface area contributed by atoms with Crippen molar-refractivity contribution in [3.8, 4) is 5.75 Å². The van der Waals surface area contributed by atoms with Gasteiger partial charge in [0, 0.05) is 12.7 Å². The van der Waals surface area contributed by atoms with Crippen LogP contribution in [0.5, 0.6) is 5.75 Å². The number of unbranched alkanes of at least 4 members (excludes halogenated alkanes) is 17. The average Bonchev–Trinajstić information content (AvgIpc) is 2.85. The highest BCUT2D eigenvalue weighted by molar-refractivity contribution is 5.45. The lowest BCUT2D eigenvalue weighted by atomic mass is 10.0. The summed E-state index contributed by atoms with van der Waals surface area (Å²) >= 11 is 0. The van der Waals surface area contributed by atoms with Crippen LogP contribution in [0, 0.1) is 10.1 Å². The molecule has 0 radical (unpaired) electrons. The second-order valence-corrected chi connectivity index (χ2v) is 9.31. The maximum atomic E-state index is 10.6. The molecule has 0 aliphatic heterocycles. The first kappa shape index (κ1) is 32.4. The van der Waals surface area contributed by atoms with Gasteiger partial charge in [-0.05, 0) is 18.9 Å². The summed E-state index contributed by atoms with van der Waals surface area (Å²) in [6.45, 7) is 5.30. The van der Waals surface area contributed by atoms with Crippen molar-refractivity contribution in [2.24, 2.45) is 0 Å². The Bertz CT molecular complexity index is 549. The fourth-order valence-electron chi connectivity index (χ4n) is 3.92. The molecule has 0 amide bonds. The van der Waals surface area contributed by atoms with Crippen LogP contribution in [-0.4, -0.2) is 23.2 Å². The Labute approximate surface area is 209 Å². The zero-order valence-corrected chi connectivity index (χ0v) is 22.3. The van der Waals surface area contributed by atoms with E-state index in [-0.39, 0.29) is 5.69 Å². The van der Waals surface area contributed by atoms with Crippen molar-refractivity contribution in [1.29, 1.82) is 0 Å². The number of hydrogen-bond acceptors (Lipinski definition) is 4. The van der Waals surface area contributed by atoms with Gasteiger partial charge in [-0.1, -0.05) is 135 Å². The molecule has 1 rings (SSSR count). The SMILES string of the molecule is CCCCCCCCCCCCCCCCCCO.CCCCCOc1ccccc1[N+](=O)[O-]. The third-order valence-electron chi connectivity index (χ3n) is 6.08. The lowest BCUT2D eigenvalue weighted by Gasteiger charge is -2.05. The maximum Gasteiger partial charge on any atom is 0.310 e. The number of benzene rings is 1. The number of para-hydroxylation sites is 2. The molecule has 1 aromatic rings. The normalized spacial score (nSPS) is 10.6. The summed E-state index contributed by atoms with van der Waals surface area (Å²) < 4.78 is 5.36. The molecule has 0 unspecified atom stereocenters. The molecule has 0 spiro atoms. The van der Waals surface area contributed by atoms with E-state index in [1.165, 1.54) is 102 Å². The van der Waals surface area contributed by atoms with Crippen molar-refractivity contribution >= 4 is 5.69 Å². The van der Waals surface area contributed by atoms with E-state index in [0.717, 1.165) is 25.7 Å². The minimum absolute atomic E-state index is 0.0361. The van der Waals surface area contributed by atoms with E-state index in [1.54, 1.807) is 18.2 Å². The molecule has 0 aromatic heterocycles. The second kappa shape index (κ2) is 26.0. The summed E-state index contributed by atoms with van der Waals surface area (Å²) in [5.74, 6) is 0.360. The van der Waals surface area contributed by atoms with Gasteiger partial charge in [0.1, 0.15) is 0 Å². The lowest BCUT2D eigenvalue weighted by molar-refractivity contribution is -0.385. The summed E-state index contributed by atoms with van der Waals surface area (Å²) in [6, 6.07) is 6.46. The number of aliphatic hydroxyl groups excluding tert-OH is 1. The molecule has 34 heavy (non-hydrogen) atoms. The number of nitro groups is 1. The molecule has 0 aliphatic carbocycles. The highest BCUT2D eigenvalue weighted by atomic mass is 16.6. The molecule has 0 heterocycles. The molecule has 5 nitrogen and oxygen atoms in total. The van der Waals surface area contributed by atoms with Crippen LogP contribution >= 0.6 is 0 Å². The molecule has 1 aromatic carbocycles. The van der Waals surface area contributed by atoms with Gasteiger partial charge < -0.3 is 9.84 Å². The lowest BCUT2D eigenvalue weighted by Crippen LogP contribution is -2.00. The predicted octanol–water partition coefficient (Wildman–Crippen LogP) is 9.40. The Kier molecular flexibility index (Phi) is 24.8. The fourth-order valence-corrected chi connectivity index (χ4v) is 3.92. The molecule has 0 aliphatic rings. The highest BCUT2D eigenvalue weighted by Crippen LogP contribution is 2.25. The standard InChI is InChI=1S/C18H38O.C11H15NO3/c1-2-3-4-5-6-7-8-9-10-11-12-13-14-15-16-17-18-19;1-2-3-6-9-15-11-8-5-4-7-10(11)12(13)14/h19H,2-18H2,1H3;4-5,7-8H,2-3,6,9H2,1H3. The number of ether oxygens (including phenoxy) is 1. The monoisotopic (exact) mass is 479 g/mol. The first-order valence-electron chi connectivity index (χ1n) is 14.1. The van der Waals surface area contributed by atoms with Gasteiger partial charge in [0.2, 0.25) is 0 Å². The first-order valence-corrected chi connectivity index (χ1v) is 14.1. The Morgan fingerprint density at radius 2 is 1.09 bits per heavy atom. The third kappa shape index (κ3) is 20.9. The van der Waals surface area contributed by atoms with Gasteiger partial charge in [-0.3, -0.25) is 10.1 Å². The van der Waals surface area contributed by atoms with E-state index >= 15 is 0 Å². The van der Waals surface area contributed by atoms with Crippen molar-refractivity contribution in [3.05, 3.63) is 34.4 Å². The van der Waals surface area contributed by atoms with Crippen LogP contribution in [0.15, 0.2) is 24.3 Å². The molecule has 0 saturated carbocycles. The molecule has 0 bridgehead atoms. The molecule has 1 N–H and O–H groups in total. The maximum absolute atomic E-state index is 10.6. The second-order valence-electron chi connectivity index (χ2n) is 9.31. The molecule has 0 fully saturated rings. The van der Waals surface area contributed by atoms with Crippen LogP contribution in [0.4, 0.5) is 5.69 Å². The number of nitro benzene ring substituents is 1. The van der Waals surface area contributed by atoms with Crippen LogP contribution in [0.1, 0.15) is 136 Å². The van der Waals surface area contributed by atoms with Crippen molar-refractivity contribution in [2.45, 2.75) is 136 Å². The summed E-state index contributed by atoms with van der Waals surface area (Å²) in [4.78, 5) is 10.2.